The van der Waals surface area contributed by atoms with E-state index in [2.05, 4.69) is 62.1 Å². The Balaban J connectivity index is 2.90. The zero-order chi connectivity index (χ0) is 13.8. The van der Waals surface area contributed by atoms with Crippen molar-refractivity contribution in [3.63, 3.8) is 0 Å². The lowest BCUT2D eigenvalue weighted by molar-refractivity contribution is 0.358. The van der Waals surface area contributed by atoms with Crippen molar-refractivity contribution in [1.82, 2.24) is 9.97 Å². The second-order valence-electron chi connectivity index (χ2n) is 5.67. The van der Waals surface area contributed by atoms with Gasteiger partial charge in [0.2, 0.25) is 0 Å². The quantitative estimate of drug-likeness (QED) is 0.841. The summed E-state index contributed by atoms with van der Waals surface area (Å²) in [6.07, 6.45) is 0.845. The fourth-order valence-corrected chi connectivity index (χ4v) is 1.44. The summed E-state index contributed by atoms with van der Waals surface area (Å²) in [6, 6.07) is 2.33. The van der Waals surface area contributed by atoms with Gasteiger partial charge < -0.3 is 10.6 Å². The van der Waals surface area contributed by atoms with Crippen molar-refractivity contribution in [2.45, 2.75) is 54.0 Å². The van der Waals surface area contributed by atoms with Crippen LogP contribution >= 0.6 is 0 Å². The van der Waals surface area contributed by atoms with Crippen LogP contribution in [0.2, 0.25) is 0 Å². The summed E-state index contributed by atoms with van der Waals surface area (Å²) < 4.78 is 0. The molecule has 0 fully saturated rings. The van der Waals surface area contributed by atoms with Crippen LogP contribution in [0.3, 0.4) is 0 Å². The van der Waals surface area contributed by atoms with E-state index in [0.717, 1.165) is 30.4 Å². The molecule has 0 aliphatic heterocycles. The molecule has 1 aromatic heterocycles. The Hall–Kier alpha value is -1.32. The van der Waals surface area contributed by atoms with Gasteiger partial charge in [0, 0.05) is 25.1 Å². The first-order valence-electron chi connectivity index (χ1n) is 6.75. The molecule has 1 aromatic rings. The van der Waals surface area contributed by atoms with E-state index in [1.54, 1.807) is 0 Å². The Kier molecular flexibility index (Phi) is 4.93. The molecule has 4 heteroatoms. The lowest BCUT2D eigenvalue weighted by Gasteiger charge is -2.28. The number of rotatable bonds is 5. The molecule has 0 spiro atoms. The Morgan fingerprint density at radius 1 is 1.17 bits per heavy atom. The number of nitrogens with zero attached hydrogens (tertiary/aromatic N) is 2. The van der Waals surface area contributed by atoms with Gasteiger partial charge in [-0.05, 0) is 19.3 Å². The van der Waals surface area contributed by atoms with Crippen LogP contribution < -0.4 is 10.6 Å². The third-order valence-corrected chi connectivity index (χ3v) is 3.11. The SMILES string of the molecule is CCNc1cc(NC(C)C(C)(C)C)nc(CC)n1. The van der Waals surface area contributed by atoms with Crippen molar-refractivity contribution in [2.75, 3.05) is 17.2 Å². The maximum Gasteiger partial charge on any atom is 0.132 e. The molecule has 1 atom stereocenters. The zero-order valence-electron chi connectivity index (χ0n) is 12.5. The molecule has 0 bridgehead atoms. The third kappa shape index (κ3) is 4.17. The lowest BCUT2D eigenvalue weighted by atomic mass is 9.88. The summed E-state index contributed by atoms with van der Waals surface area (Å²) in [5.74, 6) is 2.67. The largest absolute Gasteiger partial charge is 0.370 e. The molecule has 0 radical (unpaired) electrons. The highest BCUT2D eigenvalue weighted by atomic mass is 15.1. The number of aryl methyl sites for hydroxylation is 1. The van der Waals surface area contributed by atoms with E-state index in [1.807, 2.05) is 6.07 Å². The van der Waals surface area contributed by atoms with Gasteiger partial charge in [-0.2, -0.15) is 0 Å². The van der Waals surface area contributed by atoms with Gasteiger partial charge in [0.05, 0.1) is 0 Å². The van der Waals surface area contributed by atoms with Crippen LogP contribution in [0.4, 0.5) is 11.6 Å². The van der Waals surface area contributed by atoms with Gasteiger partial charge in [0.25, 0.3) is 0 Å². The van der Waals surface area contributed by atoms with Crippen LogP contribution in [0, 0.1) is 5.41 Å². The topological polar surface area (TPSA) is 49.8 Å². The monoisotopic (exact) mass is 250 g/mol. The number of aromatic nitrogens is 2. The molecule has 4 nitrogen and oxygen atoms in total. The first-order chi connectivity index (χ1) is 8.36. The predicted octanol–water partition coefficient (Wildman–Crippen LogP) is 3.32. The first-order valence-corrected chi connectivity index (χ1v) is 6.75. The number of hydrogen-bond donors (Lipinski definition) is 2. The Bertz CT molecular complexity index is 382. The number of anilines is 2. The second kappa shape index (κ2) is 6.03. The number of nitrogens with one attached hydrogen (secondary N) is 2. The van der Waals surface area contributed by atoms with Crippen molar-refractivity contribution in [2.24, 2.45) is 5.41 Å². The van der Waals surface area contributed by atoms with E-state index >= 15 is 0 Å². The predicted molar refractivity (Wildman–Crippen MR) is 78.1 cm³/mol. The molecular weight excluding hydrogens is 224 g/mol. The smallest absolute Gasteiger partial charge is 0.132 e. The minimum atomic E-state index is 0.204. The lowest BCUT2D eigenvalue weighted by Crippen LogP contribution is -2.31. The van der Waals surface area contributed by atoms with Crippen LogP contribution in [0.25, 0.3) is 0 Å². The molecule has 18 heavy (non-hydrogen) atoms. The van der Waals surface area contributed by atoms with Crippen LogP contribution in [-0.2, 0) is 6.42 Å². The molecule has 0 saturated heterocycles. The average Bonchev–Trinajstić information content (AvgIpc) is 2.27. The maximum atomic E-state index is 4.53. The van der Waals surface area contributed by atoms with E-state index in [1.165, 1.54) is 0 Å². The third-order valence-electron chi connectivity index (χ3n) is 3.11. The summed E-state index contributed by atoms with van der Waals surface area (Å²) in [5.41, 5.74) is 0.204. The minimum Gasteiger partial charge on any atom is -0.370 e. The van der Waals surface area contributed by atoms with Crippen molar-refractivity contribution >= 4 is 11.6 Å². The highest BCUT2D eigenvalue weighted by molar-refractivity contribution is 5.48. The molecule has 102 valence electrons. The normalized spacial score (nSPS) is 13.2. The standard InChI is InChI=1S/C14H26N4/c1-7-11-17-12(15-8-2)9-13(18-11)16-10(3)14(4,5)6/h9-10H,7-8H2,1-6H3,(H2,15,16,17,18). The average molecular weight is 250 g/mol. The molecule has 1 heterocycles. The Morgan fingerprint density at radius 3 is 2.28 bits per heavy atom. The van der Waals surface area contributed by atoms with Crippen LogP contribution in [-0.4, -0.2) is 22.6 Å². The highest BCUT2D eigenvalue weighted by Gasteiger charge is 2.20. The fraction of sp³-hybridized carbons (Fsp3) is 0.714. The van der Waals surface area contributed by atoms with Crippen molar-refractivity contribution < 1.29 is 0 Å². The summed E-state index contributed by atoms with van der Waals surface area (Å²) in [5, 5.41) is 6.71. The summed E-state index contributed by atoms with van der Waals surface area (Å²) >= 11 is 0. The van der Waals surface area contributed by atoms with Crippen LogP contribution in [0.1, 0.15) is 47.4 Å². The van der Waals surface area contributed by atoms with Gasteiger partial charge in [-0.15, -0.1) is 0 Å². The maximum absolute atomic E-state index is 4.53. The van der Waals surface area contributed by atoms with Gasteiger partial charge in [-0.3, -0.25) is 0 Å². The van der Waals surface area contributed by atoms with E-state index < -0.39 is 0 Å². The highest BCUT2D eigenvalue weighted by Crippen LogP contribution is 2.23. The van der Waals surface area contributed by atoms with Gasteiger partial charge in [0.15, 0.2) is 0 Å². The second-order valence-corrected chi connectivity index (χ2v) is 5.67. The molecule has 0 aliphatic carbocycles. The van der Waals surface area contributed by atoms with Crippen LogP contribution in [0.15, 0.2) is 6.07 Å². The molecular formula is C14H26N4. The van der Waals surface area contributed by atoms with Gasteiger partial charge in [0.1, 0.15) is 17.5 Å². The molecule has 1 rings (SSSR count). The number of hydrogen-bond acceptors (Lipinski definition) is 4. The minimum absolute atomic E-state index is 0.204. The Labute approximate surface area is 111 Å². The molecule has 2 N–H and O–H groups in total. The van der Waals surface area contributed by atoms with E-state index in [9.17, 15) is 0 Å². The van der Waals surface area contributed by atoms with Gasteiger partial charge >= 0.3 is 0 Å². The van der Waals surface area contributed by atoms with Gasteiger partial charge in [-0.25, -0.2) is 9.97 Å². The summed E-state index contributed by atoms with van der Waals surface area (Å²) in [7, 11) is 0. The molecule has 0 amide bonds. The van der Waals surface area contributed by atoms with Crippen LogP contribution in [0.5, 0.6) is 0 Å². The van der Waals surface area contributed by atoms with E-state index in [4.69, 9.17) is 0 Å². The van der Waals surface area contributed by atoms with Crippen molar-refractivity contribution in [3.8, 4) is 0 Å². The molecule has 0 aliphatic rings. The Morgan fingerprint density at radius 2 is 1.78 bits per heavy atom. The van der Waals surface area contributed by atoms with Crippen molar-refractivity contribution in [3.05, 3.63) is 11.9 Å². The molecule has 0 aromatic carbocycles. The van der Waals surface area contributed by atoms with E-state index in [-0.39, 0.29) is 5.41 Å². The van der Waals surface area contributed by atoms with Crippen molar-refractivity contribution in [1.29, 1.82) is 0 Å². The van der Waals surface area contributed by atoms with Gasteiger partial charge in [-0.1, -0.05) is 27.7 Å². The zero-order valence-corrected chi connectivity index (χ0v) is 12.5. The molecule has 0 saturated carbocycles. The fourth-order valence-electron chi connectivity index (χ4n) is 1.44. The first kappa shape index (κ1) is 14.7. The van der Waals surface area contributed by atoms with E-state index in [0.29, 0.717) is 6.04 Å². The summed E-state index contributed by atoms with van der Waals surface area (Å²) in [6.45, 7) is 13.9. The molecule has 1 unspecified atom stereocenters. The summed E-state index contributed by atoms with van der Waals surface area (Å²) in [4.78, 5) is 8.97.